The van der Waals surface area contributed by atoms with Crippen LogP contribution >= 0.6 is 11.3 Å². The Balaban J connectivity index is 1.51. The Morgan fingerprint density at radius 2 is 1.82 bits per heavy atom. The summed E-state index contributed by atoms with van der Waals surface area (Å²) >= 11 is 1.79. The molecule has 1 fully saturated rings. The Labute approximate surface area is 203 Å². The lowest BCUT2D eigenvalue weighted by atomic mass is 9.82. The summed E-state index contributed by atoms with van der Waals surface area (Å²) in [5.41, 5.74) is 6.63. The highest BCUT2D eigenvalue weighted by atomic mass is 32.1. The van der Waals surface area contributed by atoms with E-state index in [-0.39, 0.29) is 0 Å². The summed E-state index contributed by atoms with van der Waals surface area (Å²) in [4.78, 5) is 5.77. The van der Waals surface area contributed by atoms with Gasteiger partial charge >= 0.3 is 4.83 Å². The summed E-state index contributed by atoms with van der Waals surface area (Å²) < 4.78 is 3.47. The van der Waals surface area contributed by atoms with Crippen LogP contribution in [0, 0.1) is 18.9 Å². The molecule has 3 aromatic carbocycles. The van der Waals surface area contributed by atoms with E-state index in [0.29, 0.717) is 5.92 Å². The molecule has 3 heteroatoms. The Morgan fingerprint density at radius 3 is 2.71 bits per heavy atom. The van der Waals surface area contributed by atoms with E-state index in [0.717, 1.165) is 4.83 Å². The van der Waals surface area contributed by atoms with Gasteiger partial charge in [0.2, 0.25) is 0 Å². The lowest BCUT2D eigenvalue weighted by molar-refractivity contribution is -0.400. The zero-order valence-electron chi connectivity index (χ0n) is 19.3. The topological polar surface area (TPSA) is 15.9 Å². The highest BCUT2D eigenvalue weighted by Gasteiger charge is 2.29. The first-order valence-electron chi connectivity index (χ1n) is 12.2. The average Bonchev–Trinajstić information content (AvgIpc) is 3.52. The van der Waals surface area contributed by atoms with Crippen molar-refractivity contribution in [2.45, 2.75) is 32.6 Å². The van der Waals surface area contributed by atoms with Gasteiger partial charge < -0.3 is 4.58 Å². The predicted molar refractivity (Wildman–Crippen MR) is 145 cm³/mol. The van der Waals surface area contributed by atoms with Gasteiger partial charge in [-0.15, -0.1) is 17.2 Å². The third kappa shape index (κ3) is 2.90. The van der Waals surface area contributed by atoms with Crippen LogP contribution in [0.25, 0.3) is 36.6 Å². The van der Waals surface area contributed by atoms with E-state index in [2.05, 4.69) is 83.9 Å². The molecule has 2 aliphatic rings. The number of aromatic nitrogens is 1. The SMILES string of the molecule is C=[N+]1c2ccc3ccccc3c2C(C2CCCC2)=C[C-]1c1cc(C)cc2c3cccnc3[s+][c-]12. The first-order chi connectivity index (χ1) is 16.7. The molecule has 0 unspecified atom stereocenters. The molecular formula is C31H26N2S. The summed E-state index contributed by atoms with van der Waals surface area (Å²) in [6.07, 6.45) is 9.54. The van der Waals surface area contributed by atoms with Crippen LogP contribution in [0.3, 0.4) is 0 Å². The molecule has 0 N–H and O–H groups in total. The Morgan fingerprint density at radius 1 is 1.00 bits per heavy atom. The van der Waals surface area contributed by atoms with E-state index in [9.17, 15) is 0 Å². The second kappa shape index (κ2) is 7.54. The maximum Gasteiger partial charge on any atom is 0.316 e. The number of nitrogens with zero attached hydrogens (tertiary/aromatic N) is 2. The van der Waals surface area contributed by atoms with Crippen LogP contribution in [0.15, 0.2) is 72.9 Å². The minimum Gasteiger partial charge on any atom is -0.330 e. The molecule has 1 aliphatic carbocycles. The van der Waals surface area contributed by atoms with Crippen molar-refractivity contribution in [2.75, 3.05) is 0 Å². The van der Waals surface area contributed by atoms with Crippen LogP contribution in [0.4, 0.5) is 5.69 Å². The molecule has 5 aromatic rings. The van der Waals surface area contributed by atoms with Gasteiger partial charge in [0.25, 0.3) is 0 Å². The maximum absolute atomic E-state index is 4.67. The second-order valence-electron chi connectivity index (χ2n) is 9.72. The standard InChI is InChI=1S/C31H26N2S/c1-19-16-25-23-12-7-15-32-31(23)34-30(25)26(17-19)28-18-24(20-8-3-4-9-20)29-22-11-6-5-10-21(22)13-14-27(29)33(28)2/h5-7,10-18,20H,2-4,8-9H2,1H3. The van der Waals surface area contributed by atoms with Crippen molar-refractivity contribution >= 4 is 60.4 Å². The number of allylic oxidation sites excluding steroid dienone is 1. The molecule has 1 aliphatic heterocycles. The molecule has 3 heterocycles. The van der Waals surface area contributed by atoms with Crippen LogP contribution in [-0.4, -0.2) is 16.3 Å². The third-order valence-electron chi connectivity index (χ3n) is 7.63. The number of pyridine rings is 1. The average molecular weight is 459 g/mol. The fourth-order valence-electron chi connectivity index (χ4n) is 6.04. The fourth-order valence-corrected chi connectivity index (χ4v) is 7.19. The van der Waals surface area contributed by atoms with Gasteiger partial charge in [0.1, 0.15) is 10.4 Å². The minimum atomic E-state index is 0.609. The van der Waals surface area contributed by atoms with Gasteiger partial charge in [-0.2, -0.15) is 0 Å². The lowest BCUT2D eigenvalue weighted by Gasteiger charge is -2.35. The third-order valence-corrected chi connectivity index (χ3v) is 8.80. The number of rotatable bonds is 2. The number of hydrogen-bond acceptors (Lipinski definition) is 1. The van der Waals surface area contributed by atoms with Gasteiger partial charge in [-0.3, -0.25) is 0 Å². The Hall–Kier alpha value is -3.43. The van der Waals surface area contributed by atoms with Crippen LogP contribution in [0.1, 0.15) is 42.4 Å². The van der Waals surface area contributed by atoms with E-state index in [4.69, 9.17) is 0 Å². The molecular weight excluding hydrogens is 432 g/mol. The molecule has 0 spiro atoms. The maximum atomic E-state index is 4.67. The number of fused-ring (bicyclic) bond motifs is 6. The van der Waals surface area contributed by atoms with Crippen molar-refractivity contribution in [2.24, 2.45) is 5.92 Å². The quantitative estimate of drug-likeness (QED) is 0.147. The summed E-state index contributed by atoms with van der Waals surface area (Å²) in [6.45, 7) is 6.79. The molecule has 0 bridgehead atoms. The lowest BCUT2D eigenvalue weighted by Crippen LogP contribution is -2.20. The van der Waals surface area contributed by atoms with Gasteiger partial charge in [0.05, 0.1) is 11.4 Å². The molecule has 0 saturated heterocycles. The summed E-state index contributed by atoms with van der Waals surface area (Å²) in [5.74, 6) is 0.609. The molecule has 7 rings (SSSR count). The first kappa shape index (κ1) is 20.0. The van der Waals surface area contributed by atoms with Crippen molar-refractivity contribution in [1.82, 2.24) is 4.98 Å². The van der Waals surface area contributed by atoms with Crippen molar-refractivity contribution in [1.29, 1.82) is 0 Å². The first-order valence-corrected chi connectivity index (χ1v) is 13.0. The van der Waals surface area contributed by atoms with Gasteiger partial charge in [-0.05, 0) is 34.4 Å². The molecule has 2 nitrogen and oxygen atoms in total. The monoisotopic (exact) mass is 458 g/mol. The van der Waals surface area contributed by atoms with Crippen molar-refractivity contribution in [3.05, 3.63) is 95.7 Å². The minimum absolute atomic E-state index is 0.609. The van der Waals surface area contributed by atoms with Crippen LogP contribution in [0.2, 0.25) is 0 Å². The van der Waals surface area contributed by atoms with Crippen molar-refractivity contribution < 1.29 is 4.58 Å². The molecule has 1 saturated carbocycles. The number of hydrogen-bond donors (Lipinski definition) is 0. The number of benzene rings is 3. The molecule has 166 valence electrons. The van der Waals surface area contributed by atoms with E-state index < -0.39 is 0 Å². The van der Waals surface area contributed by atoms with Gasteiger partial charge in [0, 0.05) is 12.9 Å². The summed E-state index contributed by atoms with van der Waals surface area (Å²) in [5, 5.41) is 5.18. The highest BCUT2D eigenvalue weighted by molar-refractivity contribution is 7.25. The molecule has 34 heavy (non-hydrogen) atoms. The van der Waals surface area contributed by atoms with Crippen LogP contribution < -0.4 is 0 Å². The van der Waals surface area contributed by atoms with Gasteiger partial charge in [0.15, 0.2) is 11.3 Å². The van der Waals surface area contributed by atoms with Gasteiger partial charge in [-0.1, -0.05) is 92.1 Å². The van der Waals surface area contributed by atoms with Crippen molar-refractivity contribution in [3.8, 4) is 0 Å². The van der Waals surface area contributed by atoms with Crippen LogP contribution in [0.5, 0.6) is 0 Å². The molecule has 0 radical (unpaired) electrons. The smallest absolute Gasteiger partial charge is 0.316 e. The number of aryl methyl sites for hydroxylation is 1. The van der Waals surface area contributed by atoms with Gasteiger partial charge in [-0.25, -0.2) is 4.98 Å². The Kier molecular flexibility index (Phi) is 4.43. The van der Waals surface area contributed by atoms with Crippen molar-refractivity contribution in [3.63, 3.8) is 0 Å². The van der Waals surface area contributed by atoms with E-state index >= 15 is 0 Å². The molecule has 0 atom stereocenters. The highest BCUT2D eigenvalue weighted by Crippen LogP contribution is 2.49. The second-order valence-corrected chi connectivity index (χ2v) is 10.7. The largest absolute Gasteiger partial charge is 0.330 e. The van der Waals surface area contributed by atoms with E-state index in [1.54, 1.807) is 11.3 Å². The van der Waals surface area contributed by atoms with E-state index in [1.807, 2.05) is 12.3 Å². The van der Waals surface area contributed by atoms with Crippen LogP contribution in [-0.2, 0) is 0 Å². The normalized spacial score (nSPS) is 16.6. The predicted octanol–water partition coefficient (Wildman–Crippen LogP) is 8.42. The fraction of sp³-hybridized carbons (Fsp3) is 0.194. The zero-order chi connectivity index (χ0) is 22.8. The summed E-state index contributed by atoms with van der Waals surface area (Å²) in [6, 6.07) is 23.4. The molecule has 0 amide bonds. The summed E-state index contributed by atoms with van der Waals surface area (Å²) in [7, 11) is 0. The number of thiophene rings is 1. The zero-order valence-corrected chi connectivity index (χ0v) is 20.2. The Bertz CT molecular complexity index is 1650. The molecule has 2 aromatic heterocycles. The van der Waals surface area contributed by atoms with E-state index in [1.165, 1.54) is 85.9 Å².